The standard InChI is InChI=1S/C13H13BrN2O/c1-17-13-7-6-11(8-12(13)14)16-10-4-2-9(15)3-5-10/h2-8,16H,15H2,1H3. The Morgan fingerprint density at radius 2 is 1.71 bits per heavy atom. The summed E-state index contributed by atoms with van der Waals surface area (Å²) in [5, 5.41) is 3.28. The van der Waals surface area contributed by atoms with Crippen molar-refractivity contribution < 1.29 is 4.74 Å². The highest BCUT2D eigenvalue weighted by Crippen LogP contribution is 2.29. The number of rotatable bonds is 3. The lowest BCUT2D eigenvalue weighted by Gasteiger charge is -2.09. The van der Waals surface area contributed by atoms with Crippen molar-refractivity contribution in [2.24, 2.45) is 0 Å². The van der Waals surface area contributed by atoms with Gasteiger partial charge in [0.15, 0.2) is 0 Å². The Hall–Kier alpha value is -1.68. The van der Waals surface area contributed by atoms with Crippen LogP contribution in [0.5, 0.6) is 5.75 Å². The summed E-state index contributed by atoms with van der Waals surface area (Å²) in [5.41, 5.74) is 8.37. The van der Waals surface area contributed by atoms with Crippen molar-refractivity contribution in [3.8, 4) is 5.75 Å². The summed E-state index contributed by atoms with van der Waals surface area (Å²) in [5.74, 6) is 0.813. The van der Waals surface area contributed by atoms with Crippen LogP contribution in [0.25, 0.3) is 0 Å². The third kappa shape index (κ3) is 2.91. The van der Waals surface area contributed by atoms with Crippen molar-refractivity contribution in [3.05, 3.63) is 46.9 Å². The number of nitrogens with one attached hydrogen (secondary N) is 1. The topological polar surface area (TPSA) is 47.3 Å². The van der Waals surface area contributed by atoms with Crippen LogP contribution in [0.2, 0.25) is 0 Å². The minimum absolute atomic E-state index is 0.756. The van der Waals surface area contributed by atoms with Gasteiger partial charge >= 0.3 is 0 Å². The number of benzene rings is 2. The molecule has 2 aromatic rings. The zero-order chi connectivity index (χ0) is 12.3. The molecule has 0 bridgehead atoms. The Morgan fingerprint density at radius 1 is 1.06 bits per heavy atom. The van der Waals surface area contributed by atoms with Gasteiger partial charge in [0.25, 0.3) is 0 Å². The van der Waals surface area contributed by atoms with Crippen LogP contribution in [0.15, 0.2) is 46.9 Å². The summed E-state index contributed by atoms with van der Waals surface area (Å²) in [6, 6.07) is 13.4. The molecule has 17 heavy (non-hydrogen) atoms. The second-order valence-electron chi connectivity index (χ2n) is 3.60. The van der Waals surface area contributed by atoms with Crippen LogP contribution in [-0.4, -0.2) is 7.11 Å². The fourth-order valence-electron chi connectivity index (χ4n) is 1.48. The van der Waals surface area contributed by atoms with E-state index in [2.05, 4.69) is 21.2 Å². The molecule has 0 aliphatic rings. The van der Waals surface area contributed by atoms with E-state index in [1.807, 2.05) is 42.5 Å². The summed E-state index contributed by atoms with van der Waals surface area (Å²) < 4.78 is 6.09. The van der Waals surface area contributed by atoms with Crippen LogP contribution in [0.4, 0.5) is 17.1 Å². The smallest absolute Gasteiger partial charge is 0.133 e. The number of anilines is 3. The van der Waals surface area contributed by atoms with Gasteiger partial charge in [-0.05, 0) is 58.4 Å². The highest BCUT2D eigenvalue weighted by molar-refractivity contribution is 9.10. The largest absolute Gasteiger partial charge is 0.496 e. The first-order valence-electron chi connectivity index (χ1n) is 5.15. The molecule has 0 amide bonds. The molecular weight excluding hydrogens is 280 g/mol. The summed E-state index contributed by atoms with van der Waals surface area (Å²) in [7, 11) is 1.65. The summed E-state index contributed by atoms with van der Waals surface area (Å²) >= 11 is 3.45. The molecule has 0 aromatic heterocycles. The van der Waals surface area contributed by atoms with E-state index in [0.29, 0.717) is 0 Å². The average Bonchev–Trinajstić information content (AvgIpc) is 2.32. The van der Waals surface area contributed by atoms with Gasteiger partial charge in [0, 0.05) is 17.1 Å². The second-order valence-corrected chi connectivity index (χ2v) is 4.45. The first-order valence-corrected chi connectivity index (χ1v) is 5.94. The Morgan fingerprint density at radius 3 is 2.29 bits per heavy atom. The van der Waals surface area contributed by atoms with Crippen molar-refractivity contribution in [2.45, 2.75) is 0 Å². The maximum atomic E-state index is 5.63. The van der Waals surface area contributed by atoms with Gasteiger partial charge < -0.3 is 15.8 Å². The van der Waals surface area contributed by atoms with E-state index in [4.69, 9.17) is 10.5 Å². The zero-order valence-corrected chi connectivity index (χ0v) is 11.0. The van der Waals surface area contributed by atoms with Gasteiger partial charge in [0.05, 0.1) is 11.6 Å². The summed E-state index contributed by atoms with van der Waals surface area (Å²) in [6.45, 7) is 0. The Kier molecular flexibility index (Phi) is 3.54. The Balaban J connectivity index is 2.19. The lowest BCUT2D eigenvalue weighted by atomic mass is 10.2. The van der Waals surface area contributed by atoms with E-state index in [9.17, 15) is 0 Å². The first-order chi connectivity index (χ1) is 8.19. The predicted octanol–water partition coefficient (Wildman–Crippen LogP) is 3.78. The molecule has 0 fully saturated rings. The summed E-state index contributed by atoms with van der Waals surface area (Å²) in [6.07, 6.45) is 0. The number of hydrogen-bond donors (Lipinski definition) is 2. The van der Waals surface area contributed by atoms with Gasteiger partial charge in [-0.2, -0.15) is 0 Å². The van der Waals surface area contributed by atoms with Crippen molar-refractivity contribution >= 4 is 33.0 Å². The number of nitrogen functional groups attached to an aromatic ring is 1. The molecule has 0 heterocycles. The van der Waals surface area contributed by atoms with Gasteiger partial charge in [0.1, 0.15) is 5.75 Å². The van der Waals surface area contributed by atoms with Gasteiger partial charge in [-0.1, -0.05) is 0 Å². The van der Waals surface area contributed by atoms with E-state index in [0.717, 1.165) is 27.3 Å². The number of methoxy groups -OCH3 is 1. The van der Waals surface area contributed by atoms with E-state index in [1.165, 1.54) is 0 Å². The Bertz CT molecular complexity index is 511. The van der Waals surface area contributed by atoms with Gasteiger partial charge in [0.2, 0.25) is 0 Å². The zero-order valence-electron chi connectivity index (χ0n) is 9.41. The molecule has 2 aromatic carbocycles. The minimum atomic E-state index is 0.756. The quantitative estimate of drug-likeness (QED) is 0.847. The molecule has 0 atom stereocenters. The van der Waals surface area contributed by atoms with Gasteiger partial charge in [-0.25, -0.2) is 0 Å². The molecule has 88 valence electrons. The normalized spacial score (nSPS) is 10.0. The maximum Gasteiger partial charge on any atom is 0.133 e. The second kappa shape index (κ2) is 5.10. The number of hydrogen-bond acceptors (Lipinski definition) is 3. The van der Waals surface area contributed by atoms with Crippen molar-refractivity contribution in [1.82, 2.24) is 0 Å². The fourth-order valence-corrected chi connectivity index (χ4v) is 2.02. The highest BCUT2D eigenvalue weighted by atomic mass is 79.9. The highest BCUT2D eigenvalue weighted by Gasteiger charge is 2.01. The fraction of sp³-hybridized carbons (Fsp3) is 0.0769. The average molecular weight is 293 g/mol. The lowest BCUT2D eigenvalue weighted by molar-refractivity contribution is 0.412. The maximum absolute atomic E-state index is 5.63. The molecular formula is C13H13BrN2O. The molecule has 2 rings (SSSR count). The van der Waals surface area contributed by atoms with E-state index < -0.39 is 0 Å². The third-order valence-corrected chi connectivity index (χ3v) is 2.97. The monoisotopic (exact) mass is 292 g/mol. The molecule has 0 aliphatic heterocycles. The lowest BCUT2D eigenvalue weighted by Crippen LogP contribution is -1.92. The number of ether oxygens (including phenoxy) is 1. The summed E-state index contributed by atoms with van der Waals surface area (Å²) in [4.78, 5) is 0. The molecule has 3 N–H and O–H groups in total. The van der Waals surface area contributed by atoms with Crippen molar-refractivity contribution in [2.75, 3.05) is 18.2 Å². The first kappa shape index (κ1) is 11.8. The molecule has 0 spiro atoms. The van der Waals surface area contributed by atoms with Crippen LogP contribution >= 0.6 is 15.9 Å². The van der Waals surface area contributed by atoms with E-state index in [-0.39, 0.29) is 0 Å². The third-order valence-electron chi connectivity index (χ3n) is 2.35. The molecule has 3 nitrogen and oxygen atoms in total. The van der Waals surface area contributed by atoms with Crippen LogP contribution in [0, 0.1) is 0 Å². The minimum Gasteiger partial charge on any atom is -0.496 e. The predicted molar refractivity (Wildman–Crippen MR) is 74.8 cm³/mol. The van der Waals surface area contributed by atoms with Gasteiger partial charge in [-0.3, -0.25) is 0 Å². The van der Waals surface area contributed by atoms with Crippen molar-refractivity contribution in [3.63, 3.8) is 0 Å². The molecule has 0 aliphatic carbocycles. The molecule has 0 unspecified atom stereocenters. The molecule has 0 saturated heterocycles. The SMILES string of the molecule is COc1ccc(Nc2ccc(N)cc2)cc1Br. The van der Waals surface area contributed by atoms with Gasteiger partial charge in [-0.15, -0.1) is 0 Å². The molecule has 0 saturated carbocycles. The van der Waals surface area contributed by atoms with Crippen LogP contribution in [-0.2, 0) is 0 Å². The Labute approximate surface area is 109 Å². The van der Waals surface area contributed by atoms with Crippen LogP contribution in [0.1, 0.15) is 0 Å². The van der Waals surface area contributed by atoms with Crippen molar-refractivity contribution in [1.29, 1.82) is 0 Å². The van der Waals surface area contributed by atoms with E-state index in [1.54, 1.807) is 7.11 Å². The molecule has 0 radical (unpaired) electrons. The van der Waals surface area contributed by atoms with Crippen LogP contribution in [0.3, 0.4) is 0 Å². The number of nitrogens with two attached hydrogens (primary N) is 1. The van der Waals surface area contributed by atoms with Crippen LogP contribution < -0.4 is 15.8 Å². The number of halogens is 1. The molecule has 4 heteroatoms. The van der Waals surface area contributed by atoms with E-state index >= 15 is 0 Å².